The number of fused-ring (bicyclic) bond motifs is 5. The minimum Gasteiger partial charge on any atom is -0.310 e. The van der Waals surface area contributed by atoms with Crippen LogP contribution in [0.1, 0.15) is 22.3 Å². The third kappa shape index (κ3) is 8.22. The first-order valence-corrected chi connectivity index (χ1v) is 32.2. The lowest BCUT2D eigenvalue weighted by molar-refractivity contribution is 1.18. The van der Waals surface area contributed by atoms with Crippen LogP contribution in [0.4, 0.5) is 34.1 Å². The normalized spacial score (nSPS) is 13.1. The zero-order valence-corrected chi connectivity index (χ0v) is 48.1. The summed E-state index contributed by atoms with van der Waals surface area (Å²) in [6.45, 7) is 8.63. The zero-order chi connectivity index (χ0) is 54.7. The summed E-state index contributed by atoms with van der Waals surface area (Å²) in [5, 5.41) is 13.7. The Morgan fingerprint density at radius 1 is 0.247 bits per heavy atom. The Kier molecular flexibility index (Phi) is 12.5. The first-order valence-electron chi connectivity index (χ1n) is 28.2. The molecule has 1 aliphatic heterocycles. The molecule has 0 saturated carbocycles. The zero-order valence-electron chi connectivity index (χ0n) is 46.1. The number of aryl methyl sites for hydroxylation is 4. The van der Waals surface area contributed by atoms with Crippen molar-refractivity contribution in [3.8, 4) is 5.69 Å². The van der Waals surface area contributed by atoms with Gasteiger partial charge in [0.05, 0.1) is 11.0 Å². The van der Waals surface area contributed by atoms with Crippen molar-refractivity contribution in [2.45, 2.75) is 27.7 Å². The van der Waals surface area contributed by atoms with Crippen molar-refractivity contribution in [2.24, 2.45) is 0 Å². The van der Waals surface area contributed by atoms with Crippen LogP contribution in [0.25, 0.3) is 27.5 Å². The Morgan fingerprint density at radius 3 is 0.864 bits per heavy atom. The lowest BCUT2D eigenvalue weighted by atomic mass is 10.1. The molecule has 0 spiro atoms. The fourth-order valence-corrected chi connectivity index (χ4v) is 25.4. The van der Waals surface area contributed by atoms with Crippen LogP contribution in [0.2, 0.25) is 0 Å². The lowest BCUT2D eigenvalue weighted by Gasteiger charge is -2.48. The van der Waals surface area contributed by atoms with Crippen LogP contribution in [-0.2, 0) is 0 Å². The molecule has 0 radical (unpaired) electrons. The molecule has 0 atom stereocenters. The number of aromatic nitrogens is 1. The molecule has 1 aromatic heterocycles. The van der Waals surface area contributed by atoms with Crippen molar-refractivity contribution in [3.05, 3.63) is 320 Å². The highest BCUT2D eigenvalue weighted by Crippen LogP contribution is 2.43. The van der Waals surface area contributed by atoms with Crippen molar-refractivity contribution >= 4 is 114 Å². The van der Waals surface area contributed by atoms with Crippen LogP contribution >= 0.6 is 0 Å². The highest BCUT2D eigenvalue weighted by atomic mass is 28.3. The van der Waals surface area contributed by atoms with E-state index >= 15 is 0 Å². The van der Waals surface area contributed by atoms with Gasteiger partial charge in [0.2, 0.25) is 0 Å². The van der Waals surface area contributed by atoms with Gasteiger partial charge in [0, 0.05) is 50.6 Å². The Morgan fingerprint density at radius 2 is 0.531 bits per heavy atom. The lowest BCUT2D eigenvalue weighted by Crippen LogP contribution is -2.93. The molecule has 13 aromatic rings. The summed E-state index contributed by atoms with van der Waals surface area (Å²) in [5.41, 5.74) is 15.0. The second-order valence-corrected chi connectivity index (χ2v) is 29.5. The molecule has 0 aliphatic carbocycles. The average Bonchev–Trinajstić information content (AvgIpc) is 2.87. The molecule has 14 rings (SSSR count). The maximum absolute atomic E-state index is 3.12. The predicted molar refractivity (Wildman–Crippen MR) is 350 cm³/mol. The molecule has 1 aliphatic rings. The van der Waals surface area contributed by atoms with Gasteiger partial charge in [0.1, 0.15) is 0 Å². The summed E-state index contributed by atoms with van der Waals surface area (Å²) < 4.78 is 2.53. The molecule has 0 bridgehead atoms. The Balaban J connectivity index is 1.04. The number of hydrogen-bond acceptors (Lipinski definition) is 2. The van der Waals surface area contributed by atoms with Gasteiger partial charge in [-0.25, -0.2) is 0 Å². The highest BCUT2D eigenvalue weighted by Gasteiger charge is 2.56. The van der Waals surface area contributed by atoms with E-state index in [9.17, 15) is 0 Å². The molecule has 0 amide bonds. The SMILES string of the molecule is Cc1ccc(N(c2ccc(C)cc2)c2ccc3c(c2)c2cc(N(c4ccc(C)cc4)c4ccc(C)cc4)ccc2n3-c2cccc([Si]3(c4ccccc4)c4ccccc4[Si](c4ccccc4)(c4ccccc4)c4ccccc43)c2)cc1. The average molecular weight is 1070 g/mol. The third-order valence-corrected chi connectivity index (χ3v) is 27.3. The smallest absolute Gasteiger partial charge is 0.179 e. The van der Waals surface area contributed by atoms with Crippen molar-refractivity contribution in [1.82, 2.24) is 4.57 Å². The van der Waals surface area contributed by atoms with Crippen molar-refractivity contribution < 1.29 is 0 Å². The summed E-state index contributed by atoms with van der Waals surface area (Å²) in [7, 11) is -6.00. The van der Waals surface area contributed by atoms with Gasteiger partial charge in [-0.2, -0.15) is 0 Å². The molecule has 388 valence electrons. The number of nitrogens with zero attached hydrogens (tertiary/aromatic N) is 3. The number of anilines is 6. The largest absolute Gasteiger partial charge is 0.310 e. The van der Waals surface area contributed by atoms with E-state index in [1.807, 2.05) is 0 Å². The maximum Gasteiger partial charge on any atom is 0.179 e. The molecular weight excluding hydrogens is 1010 g/mol. The third-order valence-electron chi connectivity index (χ3n) is 17.0. The molecule has 0 fully saturated rings. The molecule has 0 N–H and O–H groups in total. The second-order valence-electron chi connectivity index (χ2n) is 22.0. The summed E-state index contributed by atoms with van der Waals surface area (Å²) in [6.07, 6.45) is 0. The van der Waals surface area contributed by atoms with E-state index in [4.69, 9.17) is 0 Å². The summed E-state index contributed by atoms with van der Waals surface area (Å²) in [5.74, 6) is 0. The Hall–Kier alpha value is -9.53. The molecule has 12 aromatic carbocycles. The summed E-state index contributed by atoms with van der Waals surface area (Å²) in [6, 6.07) is 113. The number of rotatable bonds is 11. The minimum atomic E-state index is -3.12. The molecule has 2 heterocycles. The first-order chi connectivity index (χ1) is 39.8. The van der Waals surface area contributed by atoms with E-state index in [0.717, 1.165) is 50.8 Å². The van der Waals surface area contributed by atoms with Crippen LogP contribution in [-0.4, -0.2) is 20.7 Å². The number of benzene rings is 12. The van der Waals surface area contributed by atoms with Gasteiger partial charge in [-0.05, 0) is 166 Å². The van der Waals surface area contributed by atoms with Gasteiger partial charge in [-0.1, -0.05) is 222 Å². The van der Waals surface area contributed by atoms with Crippen LogP contribution in [0.5, 0.6) is 0 Å². The van der Waals surface area contributed by atoms with Gasteiger partial charge in [0.25, 0.3) is 0 Å². The highest BCUT2D eigenvalue weighted by molar-refractivity contribution is 7.32. The molecule has 0 saturated heterocycles. The van der Waals surface area contributed by atoms with Crippen LogP contribution in [0, 0.1) is 27.7 Å². The first kappa shape index (κ1) is 49.7. The van der Waals surface area contributed by atoms with E-state index in [1.54, 1.807) is 0 Å². The van der Waals surface area contributed by atoms with Gasteiger partial charge in [-0.15, -0.1) is 0 Å². The van der Waals surface area contributed by atoms with E-state index in [-0.39, 0.29) is 0 Å². The Bertz CT molecular complexity index is 4090. The van der Waals surface area contributed by atoms with Crippen molar-refractivity contribution in [2.75, 3.05) is 9.80 Å². The second kappa shape index (κ2) is 20.3. The fourth-order valence-electron chi connectivity index (χ4n) is 13.3. The Labute approximate surface area is 478 Å². The predicted octanol–water partition coefficient (Wildman–Crippen LogP) is 14.0. The fraction of sp³-hybridized carbons (Fsp3) is 0.0526. The molecular formula is C76H61N3Si2. The van der Waals surface area contributed by atoms with Gasteiger partial charge in [0.15, 0.2) is 16.1 Å². The van der Waals surface area contributed by atoms with Crippen LogP contribution in [0.3, 0.4) is 0 Å². The standard InChI is InChI=1S/C76H61N3Si2/c1-54-31-39-58(40-32-54)77(59-41-33-55(2)34-42-59)63-47-49-71-69(52-63)70-53-64(78(60-43-35-56(3)36-44-60)61-45-37-57(4)38-46-61)48-50-72(70)79(71)62-19-18-26-68(51-62)81(67-24-12-7-13-25-67)75-29-16-14-27-73(75)80(65-20-8-5-9-21-65,66-22-10-6-11-23-66)74-28-15-17-30-76(74)81/h5-53H,1-4H3. The topological polar surface area (TPSA) is 11.4 Å². The maximum atomic E-state index is 2.56. The van der Waals surface area contributed by atoms with Crippen molar-refractivity contribution in [3.63, 3.8) is 0 Å². The summed E-state index contributed by atoms with van der Waals surface area (Å²) in [4.78, 5) is 4.80. The van der Waals surface area contributed by atoms with E-state index in [1.165, 1.54) is 74.5 Å². The van der Waals surface area contributed by atoms with Gasteiger partial charge in [-0.3, -0.25) is 0 Å². The number of hydrogen-bond donors (Lipinski definition) is 0. The minimum absolute atomic E-state index is 1.10. The van der Waals surface area contributed by atoms with Crippen LogP contribution < -0.4 is 51.3 Å². The molecule has 0 unspecified atom stereocenters. The van der Waals surface area contributed by atoms with E-state index in [0.29, 0.717) is 0 Å². The van der Waals surface area contributed by atoms with E-state index in [2.05, 4.69) is 339 Å². The van der Waals surface area contributed by atoms with Crippen molar-refractivity contribution in [1.29, 1.82) is 0 Å². The quantitative estimate of drug-likeness (QED) is 0.120. The van der Waals surface area contributed by atoms with Gasteiger partial charge < -0.3 is 14.4 Å². The monoisotopic (exact) mass is 1070 g/mol. The van der Waals surface area contributed by atoms with Crippen LogP contribution in [0.15, 0.2) is 297 Å². The molecule has 81 heavy (non-hydrogen) atoms. The summed E-state index contributed by atoms with van der Waals surface area (Å²) >= 11 is 0. The molecule has 5 heteroatoms. The van der Waals surface area contributed by atoms with E-state index < -0.39 is 16.1 Å². The molecule has 3 nitrogen and oxygen atoms in total. The van der Waals surface area contributed by atoms with Gasteiger partial charge >= 0.3 is 0 Å².